The number of hydrogen-bond acceptors (Lipinski definition) is 2. The molecule has 0 saturated carbocycles. The minimum Gasteiger partial charge on any atom is -0.481 e. The minimum absolute atomic E-state index is 0.00828. The molecule has 0 aliphatic carbocycles. The molecule has 0 saturated heterocycles. The number of unbranched alkanes of at least 4 members (excludes halogenated alkanes) is 6. The first-order chi connectivity index (χ1) is 8.07. The van der Waals surface area contributed by atoms with Gasteiger partial charge in [-0.25, -0.2) is 4.79 Å². The van der Waals surface area contributed by atoms with Crippen molar-refractivity contribution in [3.05, 3.63) is 11.6 Å². The van der Waals surface area contributed by atoms with Gasteiger partial charge in [-0.1, -0.05) is 45.1 Å². The second-order valence-corrected chi connectivity index (χ2v) is 4.16. The molecule has 0 aliphatic rings. The van der Waals surface area contributed by atoms with Gasteiger partial charge in [0, 0.05) is 5.57 Å². The van der Waals surface area contributed by atoms with Crippen molar-refractivity contribution in [2.45, 2.75) is 58.3 Å². The van der Waals surface area contributed by atoms with Gasteiger partial charge in [-0.15, -0.1) is 0 Å². The van der Waals surface area contributed by atoms with E-state index < -0.39 is 18.4 Å². The van der Waals surface area contributed by atoms with Crippen LogP contribution in [0.5, 0.6) is 0 Å². The van der Waals surface area contributed by atoms with Crippen LogP contribution in [0.25, 0.3) is 0 Å². The van der Waals surface area contributed by atoms with Crippen molar-refractivity contribution in [3.8, 4) is 0 Å². The molecule has 0 amide bonds. The monoisotopic (exact) mass is 242 g/mol. The quantitative estimate of drug-likeness (QED) is 0.455. The fourth-order valence-corrected chi connectivity index (χ4v) is 1.60. The standard InChI is InChI=1S/C13H22O4/c1-2-3-4-5-6-7-8-9-11(13(16)17)10-12(14)15/h9H,2-8,10H2,1H3,(H,14,15)(H,16,17)/b11-9+. The second-order valence-electron chi connectivity index (χ2n) is 4.16. The van der Waals surface area contributed by atoms with Crippen LogP contribution < -0.4 is 0 Å². The highest BCUT2D eigenvalue weighted by atomic mass is 16.4. The van der Waals surface area contributed by atoms with Gasteiger partial charge in [-0.05, 0) is 12.8 Å². The zero-order chi connectivity index (χ0) is 13.1. The van der Waals surface area contributed by atoms with E-state index in [2.05, 4.69) is 6.92 Å². The molecule has 0 aromatic rings. The smallest absolute Gasteiger partial charge is 0.331 e. The zero-order valence-corrected chi connectivity index (χ0v) is 10.4. The molecule has 0 spiro atoms. The Hall–Kier alpha value is -1.32. The molecular formula is C13H22O4. The number of carboxylic acids is 2. The van der Waals surface area contributed by atoms with Gasteiger partial charge in [0.1, 0.15) is 0 Å². The van der Waals surface area contributed by atoms with E-state index in [9.17, 15) is 9.59 Å². The highest BCUT2D eigenvalue weighted by Crippen LogP contribution is 2.10. The summed E-state index contributed by atoms with van der Waals surface area (Å²) in [6.45, 7) is 2.16. The van der Waals surface area contributed by atoms with Crippen molar-refractivity contribution < 1.29 is 19.8 Å². The van der Waals surface area contributed by atoms with Crippen molar-refractivity contribution in [2.24, 2.45) is 0 Å². The molecule has 0 aromatic heterocycles. The summed E-state index contributed by atoms with van der Waals surface area (Å²) in [5.74, 6) is -2.22. The SMILES string of the molecule is CCCCCCCC/C=C(\CC(=O)O)C(=O)O. The van der Waals surface area contributed by atoms with Crippen LogP contribution in [0.15, 0.2) is 11.6 Å². The van der Waals surface area contributed by atoms with Gasteiger partial charge in [0.05, 0.1) is 6.42 Å². The number of aliphatic carboxylic acids is 2. The summed E-state index contributed by atoms with van der Waals surface area (Å²) in [7, 11) is 0. The zero-order valence-electron chi connectivity index (χ0n) is 10.4. The van der Waals surface area contributed by atoms with Crippen molar-refractivity contribution in [3.63, 3.8) is 0 Å². The Balaban J connectivity index is 3.78. The average Bonchev–Trinajstić information content (AvgIpc) is 2.25. The van der Waals surface area contributed by atoms with E-state index in [1.54, 1.807) is 0 Å². The molecule has 0 radical (unpaired) electrons. The van der Waals surface area contributed by atoms with Crippen LogP contribution in [0.4, 0.5) is 0 Å². The van der Waals surface area contributed by atoms with E-state index in [-0.39, 0.29) is 5.57 Å². The van der Waals surface area contributed by atoms with Crippen LogP contribution in [0.1, 0.15) is 58.3 Å². The van der Waals surface area contributed by atoms with Gasteiger partial charge in [-0.2, -0.15) is 0 Å². The maximum atomic E-state index is 10.7. The van der Waals surface area contributed by atoms with Crippen molar-refractivity contribution >= 4 is 11.9 Å². The van der Waals surface area contributed by atoms with E-state index in [1.807, 2.05) is 0 Å². The summed E-state index contributed by atoms with van der Waals surface area (Å²) in [5.41, 5.74) is -0.00828. The van der Waals surface area contributed by atoms with Gasteiger partial charge >= 0.3 is 11.9 Å². The minimum atomic E-state index is -1.13. The fraction of sp³-hybridized carbons (Fsp3) is 0.692. The van der Waals surface area contributed by atoms with E-state index in [0.717, 1.165) is 12.8 Å². The lowest BCUT2D eigenvalue weighted by Crippen LogP contribution is -2.06. The molecule has 2 N–H and O–H groups in total. The largest absolute Gasteiger partial charge is 0.481 e. The summed E-state index contributed by atoms with van der Waals surface area (Å²) < 4.78 is 0. The molecule has 98 valence electrons. The van der Waals surface area contributed by atoms with Crippen LogP contribution in [0.2, 0.25) is 0 Å². The van der Waals surface area contributed by atoms with Crippen LogP contribution in [0.3, 0.4) is 0 Å². The van der Waals surface area contributed by atoms with E-state index in [1.165, 1.54) is 31.8 Å². The summed E-state index contributed by atoms with van der Waals surface area (Å²) in [5, 5.41) is 17.3. The van der Waals surface area contributed by atoms with Crippen LogP contribution in [-0.2, 0) is 9.59 Å². The Morgan fingerprint density at radius 1 is 1.00 bits per heavy atom. The molecule has 0 aliphatic heterocycles. The normalized spacial score (nSPS) is 11.5. The Morgan fingerprint density at radius 3 is 2.12 bits per heavy atom. The van der Waals surface area contributed by atoms with Gasteiger partial charge in [0.25, 0.3) is 0 Å². The van der Waals surface area contributed by atoms with Gasteiger partial charge in [0.15, 0.2) is 0 Å². The number of carbonyl (C=O) groups is 2. The Kier molecular flexibility index (Phi) is 9.11. The first-order valence-electron chi connectivity index (χ1n) is 6.22. The van der Waals surface area contributed by atoms with Crippen molar-refractivity contribution in [2.75, 3.05) is 0 Å². The highest BCUT2D eigenvalue weighted by molar-refractivity contribution is 5.91. The van der Waals surface area contributed by atoms with Crippen molar-refractivity contribution in [1.29, 1.82) is 0 Å². The van der Waals surface area contributed by atoms with Gasteiger partial charge in [-0.3, -0.25) is 4.79 Å². The lowest BCUT2D eigenvalue weighted by molar-refractivity contribution is -0.139. The summed E-state index contributed by atoms with van der Waals surface area (Å²) >= 11 is 0. The average molecular weight is 242 g/mol. The molecule has 0 aromatic carbocycles. The topological polar surface area (TPSA) is 74.6 Å². The van der Waals surface area contributed by atoms with Crippen LogP contribution in [0, 0.1) is 0 Å². The number of rotatable bonds is 10. The molecular weight excluding hydrogens is 220 g/mol. The van der Waals surface area contributed by atoms with Crippen LogP contribution in [-0.4, -0.2) is 22.2 Å². The Morgan fingerprint density at radius 2 is 1.59 bits per heavy atom. The molecule has 0 fully saturated rings. The molecule has 0 rings (SSSR count). The number of carboxylic acid groups (broad SMARTS) is 2. The number of hydrogen-bond donors (Lipinski definition) is 2. The van der Waals surface area contributed by atoms with E-state index in [0.29, 0.717) is 6.42 Å². The molecule has 17 heavy (non-hydrogen) atoms. The lowest BCUT2D eigenvalue weighted by atomic mass is 10.1. The fourth-order valence-electron chi connectivity index (χ4n) is 1.60. The summed E-state index contributed by atoms with van der Waals surface area (Å²) in [4.78, 5) is 21.1. The summed E-state index contributed by atoms with van der Waals surface area (Å²) in [6.07, 6.45) is 8.65. The molecule has 4 heteroatoms. The predicted molar refractivity (Wildman–Crippen MR) is 66.0 cm³/mol. The first-order valence-corrected chi connectivity index (χ1v) is 6.22. The van der Waals surface area contributed by atoms with Gasteiger partial charge < -0.3 is 10.2 Å². The third-order valence-corrected chi connectivity index (χ3v) is 2.56. The maximum Gasteiger partial charge on any atom is 0.331 e. The molecule has 0 bridgehead atoms. The van der Waals surface area contributed by atoms with E-state index in [4.69, 9.17) is 10.2 Å². The highest BCUT2D eigenvalue weighted by Gasteiger charge is 2.10. The lowest BCUT2D eigenvalue weighted by Gasteiger charge is -2.00. The third-order valence-electron chi connectivity index (χ3n) is 2.56. The number of allylic oxidation sites excluding steroid dienone is 1. The molecule has 0 unspecified atom stereocenters. The predicted octanol–water partition coefficient (Wildman–Crippen LogP) is 3.22. The van der Waals surface area contributed by atoms with Crippen LogP contribution >= 0.6 is 0 Å². The Labute approximate surface area is 102 Å². The maximum absolute atomic E-state index is 10.7. The van der Waals surface area contributed by atoms with Gasteiger partial charge in [0.2, 0.25) is 0 Å². The molecule has 0 heterocycles. The Bertz CT molecular complexity index is 269. The summed E-state index contributed by atoms with van der Waals surface area (Å²) in [6, 6.07) is 0. The molecule has 4 nitrogen and oxygen atoms in total. The molecule has 0 atom stereocenters. The van der Waals surface area contributed by atoms with E-state index >= 15 is 0 Å². The first kappa shape index (κ1) is 15.7. The third kappa shape index (κ3) is 9.60. The van der Waals surface area contributed by atoms with Crippen molar-refractivity contribution in [1.82, 2.24) is 0 Å². The second kappa shape index (κ2) is 9.87.